The van der Waals surface area contributed by atoms with Gasteiger partial charge in [0.1, 0.15) is 11.5 Å². The highest BCUT2D eigenvalue weighted by Crippen LogP contribution is 2.26. The molecule has 0 amide bonds. The predicted molar refractivity (Wildman–Crippen MR) is 111 cm³/mol. The predicted octanol–water partition coefficient (Wildman–Crippen LogP) is 4.77. The van der Waals surface area contributed by atoms with Gasteiger partial charge in [-0.15, -0.1) is 13.2 Å². The molecule has 2 aromatic carbocycles. The molecule has 0 fully saturated rings. The lowest BCUT2D eigenvalue weighted by molar-refractivity contribution is -0.274. The van der Waals surface area contributed by atoms with Gasteiger partial charge in [0, 0.05) is 12.7 Å². The average Bonchev–Trinajstić information content (AvgIpc) is 2.75. The molecule has 0 aliphatic carbocycles. The summed E-state index contributed by atoms with van der Waals surface area (Å²) in [6, 6.07) is 16.3. The highest BCUT2D eigenvalue weighted by Gasteiger charge is 2.31. The molecular formula is C22H21F3N2O4S. The number of sulfonamides is 1. The largest absolute Gasteiger partial charge is 0.573 e. The summed E-state index contributed by atoms with van der Waals surface area (Å²) >= 11 is 0. The van der Waals surface area contributed by atoms with Crippen molar-refractivity contribution in [2.45, 2.75) is 31.3 Å². The van der Waals surface area contributed by atoms with E-state index < -0.39 is 16.4 Å². The van der Waals surface area contributed by atoms with Crippen LogP contribution in [-0.4, -0.2) is 30.7 Å². The first-order valence-corrected chi connectivity index (χ1v) is 11.1. The quantitative estimate of drug-likeness (QED) is 0.455. The summed E-state index contributed by atoms with van der Waals surface area (Å²) in [5.74, 6) is 0.162. The maximum absolute atomic E-state index is 13.3. The van der Waals surface area contributed by atoms with E-state index in [0.29, 0.717) is 23.6 Å². The number of aromatic nitrogens is 1. The summed E-state index contributed by atoms with van der Waals surface area (Å²) in [6.07, 6.45) is -3.25. The average molecular weight is 466 g/mol. The summed E-state index contributed by atoms with van der Waals surface area (Å²) in [6.45, 7) is 2.19. The third kappa shape index (κ3) is 6.44. The highest BCUT2D eigenvalue weighted by molar-refractivity contribution is 7.89. The van der Waals surface area contributed by atoms with Crippen LogP contribution >= 0.6 is 0 Å². The molecule has 0 aliphatic rings. The lowest BCUT2D eigenvalue weighted by Crippen LogP contribution is -2.30. The van der Waals surface area contributed by atoms with Gasteiger partial charge in [0.25, 0.3) is 0 Å². The van der Waals surface area contributed by atoms with E-state index in [2.05, 4.69) is 9.72 Å². The van der Waals surface area contributed by atoms with Crippen LogP contribution in [0.15, 0.2) is 77.8 Å². The molecule has 0 spiro atoms. The Morgan fingerprint density at radius 2 is 1.56 bits per heavy atom. The summed E-state index contributed by atoms with van der Waals surface area (Å²) < 4.78 is 74.3. The third-order valence-corrected chi connectivity index (χ3v) is 6.16. The minimum absolute atomic E-state index is 0.0167. The second kappa shape index (κ2) is 10.0. The zero-order valence-corrected chi connectivity index (χ0v) is 17.9. The SMILES string of the molecule is CCOc1ccc(S(=O)(=O)N(Cc2ccc(OC(F)(F)F)cc2)Cc2ccccn2)cc1. The van der Waals surface area contributed by atoms with Gasteiger partial charge in [-0.1, -0.05) is 18.2 Å². The van der Waals surface area contributed by atoms with Crippen LogP contribution < -0.4 is 9.47 Å². The molecule has 0 radical (unpaired) electrons. The molecule has 0 N–H and O–H groups in total. The molecule has 10 heteroatoms. The topological polar surface area (TPSA) is 68.7 Å². The van der Waals surface area contributed by atoms with Gasteiger partial charge < -0.3 is 9.47 Å². The molecule has 0 bridgehead atoms. The van der Waals surface area contributed by atoms with E-state index in [9.17, 15) is 21.6 Å². The van der Waals surface area contributed by atoms with E-state index >= 15 is 0 Å². The van der Waals surface area contributed by atoms with Crippen molar-refractivity contribution in [2.24, 2.45) is 0 Å². The number of ether oxygens (including phenoxy) is 2. The van der Waals surface area contributed by atoms with Crippen LogP contribution in [0.4, 0.5) is 13.2 Å². The van der Waals surface area contributed by atoms with Crippen molar-refractivity contribution in [3.8, 4) is 11.5 Å². The second-order valence-corrected chi connectivity index (χ2v) is 8.63. The van der Waals surface area contributed by atoms with Gasteiger partial charge in [0.2, 0.25) is 10.0 Å². The Labute approximate surface area is 184 Å². The van der Waals surface area contributed by atoms with Crippen molar-refractivity contribution >= 4 is 10.0 Å². The molecule has 1 aromatic heterocycles. The minimum atomic E-state index is -4.80. The maximum Gasteiger partial charge on any atom is 0.573 e. The molecule has 6 nitrogen and oxygen atoms in total. The molecule has 0 unspecified atom stereocenters. The zero-order valence-electron chi connectivity index (χ0n) is 17.1. The Morgan fingerprint density at radius 1 is 0.906 bits per heavy atom. The van der Waals surface area contributed by atoms with Gasteiger partial charge in [-0.3, -0.25) is 4.98 Å². The lowest BCUT2D eigenvalue weighted by atomic mass is 10.2. The number of hydrogen-bond acceptors (Lipinski definition) is 5. The molecule has 0 aliphatic heterocycles. The number of nitrogens with zero attached hydrogens (tertiary/aromatic N) is 2. The standard InChI is InChI=1S/C22H21F3N2O4S/c1-2-30-19-10-12-21(13-11-19)32(28,29)27(16-18-5-3-4-14-26-18)15-17-6-8-20(9-7-17)31-22(23,24)25/h3-14H,2,15-16H2,1H3. The first-order valence-electron chi connectivity index (χ1n) is 9.65. The molecule has 32 heavy (non-hydrogen) atoms. The number of pyridine rings is 1. The van der Waals surface area contributed by atoms with Gasteiger partial charge in [-0.05, 0) is 61.0 Å². The van der Waals surface area contributed by atoms with E-state index in [4.69, 9.17) is 4.74 Å². The summed E-state index contributed by atoms with van der Waals surface area (Å²) in [4.78, 5) is 4.25. The Morgan fingerprint density at radius 3 is 2.12 bits per heavy atom. The Balaban J connectivity index is 1.88. The fourth-order valence-corrected chi connectivity index (χ4v) is 4.32. The molecule has 3 aromatic rings. The number of hydrogen-bond donors (Lipinski definition) is 0. The summed E-state index contributed by atoms with van der Waals surface area (Å²) in [5, 5.41) is 0. The first kappa shape index (κ1) is 23.6. The fourth-order valence-electron chi connectivity index (χ4n) is 2.92. The van der Waals surface area contributed by atoms with Crippen LogP contribution in [0.2, 0.25) is 0 Å². The van der Waals surface area contributed by atoms with Crippen LogP contribution in [0.5, 0.6) is 11.5 Å². The van der Waals surface area contributed by atoms with Crippen molar-refractivity contribution in [2.75, 3.05) is 6.61 Å². The van der Waals surface area contributed by atoms with Crippen LogP contribution in [0, 0.1) is 0 Å². The van der Waals surface area contributed by atoms with Crippen LogP contribution in [-0.2, 0) is 23.1 Å². The second-order valence-electron chi connectivity index (χ2n) is 6.69. The Kier molecular flexibility index (Phi) is 7.37. The minimum Gasteiger partial charge on any atom is -0.494 e. The molecule has 0 saturated heterocycles. The molecule has 170 valence electrons. The molecular weight excluding hydrogens is 445 g/mol. The molecule has 0 atom stereocenters. The first-order chi connectivity index (χ1) is 15.2. The van der Waals surface area contributed by atoms with Crippen molar-refractivity contribution < 1.29 is 31.1 Å². The zero-order chi connectivity index (χ0) is 23.2. The number of alkyl halides is 3. The molecule has 0 saturated carbocycles. The Bertz CT molecular complexity index is 1100. The van der Waals surface area contributed by atoms with Crippen molar-refractivity contribution in [3.05, 3.63) is 84.2 Å². The van der Waals surface area contributed by atoms with Crippen LogP contribution in [0.1, 0.15) is 18.2 Å². The number of rotatable bonds is 9. The molecule has 1 heterocycles. The summed E-state index contributed by atoms with van der Waals surface area (Å²) in [5.41, 5.74) is 1.02. The highest BCUT2D eigenvalue weighted by atomic mass is 32.2. The van der Waals surface area contributed by atoms with E-state index in [-0.39, 0.29) is 23.7 Å². The van der Waals surface area contributed by atoms with E-state index in [1.807, 2.05) is 6.92 Å². The van der Waals surface area contributed by atoms with Gasteiger partial charge >= 0.3 is 6.36 Å². The van der Waals surface area contributed by atoms with Gasteiger partial charge in [-0.25, -0.2) is 8.42 Å². The van der Waals surface area contributed by atoms with Crippen molar-refractivity contribution in [1.29, 1.82) is 0 Å². The monoisotopic (exact) mass is 466 g/mol. The van der Waals surface area contributed by atoms with Gasteiger partial charge in [0.15, 0.2) is 0 Å². The van der Waals surface area contributed by atoms with Crippen molar-refractivity contribution in [3.63, 3.8) is 0 Å². The smallest absolute Gasteiger partial charge is 0.494 e. The maximum atomic E-state index is 13.3. The lowest BCUT2D eigenvalue weighted by Gasteiger charge is -2.22. The Hall–Kier alpha value is -3.11. The van der Waals surface area contributed by atoms with E-state index in [0.717, 1.165) is 12.1 Å². The van der Waals surface area contributed by atoms with Gasteiger partial charge in [0.05, 0.1) is 23.7 Å². The molecule has 3 rings (SSSR count). The number of halogens is 3. The summed E-state index contributed by atoms with van der Waals surface area (Å²) in [7, 11) is -3.94. The van der Waals surface area contributed by atoms with Crippen LogP contribution in [0.3, 0.4) is 0 Å². The fraction of sp³-hybridized carbons (Fsp3) is 0.227. The van der Waals surface area contributed by atoms with E-state index in [1.165, 1.54) is 28.6 Å². The van der Waals surface area contributed by atoms with Crippen LogP contribution in [0.25, 0.3) is 0 Å². The normalized spacial score (nSPS) is 12.0. The van der Waals surface area contributed by atoms with Crippen molar-refractivity contribution in [1.82, 2.24) is 9.29 Å². The van der Waals surface area contributed by atoms with Gasteiger partial charge in [-0.2, -0.15) is 4.31 Å². The third-order valence-electron chi connectivity index (χ3n) is 4.35. The van der Waals surface area contributed by atoms with E-state index in [1.54, 1.807) is 36.5 Å². The number of benzene rings is 2.